The van der Waals surface area contributed by atoms with Crippen molar-refractivity contribution in [2.75, 3.05) is 0 Å². The number of carbonyl (C=O) groups is 1. The quantitative estimate of drug-likeness (QED) is 0.881. The molecule has 0 saturated carbocycles. The molecular weight excluding hydrogens is 216 g/mol. The van der Waals surface area contributed by atoms with Crippen LogP contribution in [0.15, 0.2) is 12.7 Å². The number of aromatic nitrogens is 3. The molecule has 0 radical (unpaired) electrons. The van der Waals surface area contributed by atoms with Gasteiger partial charge in [-0.3, -0.25) is 9.48 Å². The minimum Gasteiger partial charge on any atom is -0.354 e. The highest BCUT2D eigenvalue weighted by molar-refractivity contribution is 5.73. The first-order valence-electron chi connectivity index (χ1n) is 6.28. The number of carbonyl (C=O) groups excluding carboxylic acids is 1. The van der Waals surface area contributed by atoms with Gasteiger partial charge in [0.05, 0.1) is 0 Å². The molecule has 1 atom stereocenters. The lowest BCUT2D eigenvalue weighted by molar-refractivity contribution is -0.119. The maximum absolute atomic E-state index is 10.7. The lowest BCUT2D eigenvalue weighted by atomic mass is 10.2. The van der Waals surface area contributed by atoms with Gasteiger partial charge in [0.15, 0.2) is 0 Å². The van der Waals surface area contributed by atoms with E-state index in [1.54, 1.807) is 11.0 Å². The second kappa shape index (κ2) is 12.7. The van der Waals surface area contributed by atoms with Crippen molar-refractivity contribution in [3.63, 3.8) is 0 Å². The molecule has 1 heterocycles. The summed E-state index contributed by atoms with van der Waals surface area (Å²) >= 11 is 0. The Kier molecular flexibility index (Phi) is 13.4. The summed E-state index contributed by atoms with van der Waals surface area (Å²) in [4.78, 5) is 14.5. The molecule has 100 valence electrons. The van der Waals surface area contributed by atoms with Crippen LogP contribution >= 0.6 is 0 Å². The normalized spacial score (nSPS) is 10.2. The van der Waals surface area contributed by atoms with Gasteiger partial charge < -0.3 is 5.32 Å². The number of aryl methyl sites for hydroxylation is 1. The molecule has 0 aliphatic heterocycles. The van der Waals surface area contributed by atoms with Crippen molar-refractivity contribution in [3.8, 4) is 0 Å². The van der Waals surface area contributed by atoms with Crippen LogP contribution in [0.4, 0.5) is 0 Å². The molecule has 0 bridgehead atoms. The van der Waals surface area contributed by atoms with E-state index < -0.39 is 0 Å². The zero-order valence-electron chi connectivity index (χ0n) is 11.9. The van der Waals surface area contributed by atoms with Crippen LogP contribution in [0.2, 0.25) is 0 Å². The molecule has 1 amide bonds. The molecule has 1 aromatic rings. The van der Waals surface area contributed by atoms with E-state index in [0.717, 1.165) is 13.0 Å². The van der Waals surface area contributed by atoms with Crippen molar-refractivity contribution in [3.05, 3.63) is 12.7 Å². The third-order valence-corrected chi connectivity index (χ3v) is 1.71. The Morgan fingerprint density at radius 3 is 2.35 bits per heavy atom. The standard InChI is InChI=1S/C8H14N4O.2C2H6/c1-7(11-8(2)13)3-4-12-6-9-5-10-12;2*1-2/h5-7H,3-4H2,1-2H3,(H,11,13);2*1-2H3. The fourth-order valence-corrected chi connectivity index (χ4v) is 1.09. The SMILES string of the molecule is CC.CC.CC(=O)NC(C)CCn1cncn1. The van der Waals surface area contributed by atoms with Crippen LogP contribution in [-0.4, -0.2) is 26.7 Å². The van der Waals surface area contributed by atoms with Gasteiger partial charge in [0.2, 0.25) is 5.91 Å². The number of nitrogens with zero attached hydrogens (tertiary/aromatic N) is 3. The Morgan fingerprint density at radius 2 is 1.94 bits per heavy atom. The van der Waals surface area contributed by atoms with Crippen molar-refractivity contribution in [2.45, 2.75) is 60.5 Å². The zero-order valence-corrected chi connectivity index (χ0v) is 11.9. The summed E-state index contributed by atoms with van der Waals surface area (Å²) in [6.07, 6.45) is 4.03. The average Bonchev–Trinajstić information content (AvgIpc) is 2.84. The molecule has 1 unspecified atom stereocenters. The fraction of sp³-hybridized carbons (Fsp3) is 0.750. The van der Waals surface area contributed by atoms with Crippen LogP contribution in [-0.2, 0) is 11.3 Å². The minimum absolute atomic E-state index is 0.00564. The molecule has 5 heteroatoms. The predicted molar refractivity (Wildman–Crippen MR) is 70.6 cm³/mol. The van der Waals surface area contributed by atoms with Gasteiger partial charge in [0.1, 0.15) is 12.7 Å². The first-order valence-corrected chi connectivity index (χ1v) is 6.28. The molecule has 0 spiro atoms. The molecule has 0 aromatic carbocycles. The average molecular weight is 242 g/mol. The van der Waals surface area contributed by atoms with E-state index in [1.165, 1.54) is 13.3 Å². The van der Waals surface area contributed by atoms with Gasteiger partial charge >= 0.3 is 0 Å². The number of amides is 1. The van der Waals surface area contributed by atoms with Crippen molar-refractivity contribution in [1.29, 1.82) is 0 Å². The van der Waals surface area contributed by atoms with Crippen LogP contribution in [0.5, 0.6) is 0 Å². The minimum atomic E-state index is 0.00564. The lowest BCUT2D eigenvalue weighted by Gasteiger charge is -2.11. The topological polar surface area (TPSA) is 59.8 Å². The second-order valence-corrected chi connectivity index (χ2v) is 3.05. The van der Waals surface area contributed by atoms with Crippen LogP contribution < -0.4 is 5.32 Å². The highest BCUT2D eigenvalue weighted by atomic mass is 16.1. The summed E-state index contributed by atoms with van der Waals surface area (Å²) in [6.45, 7) is 12.3. The molecule has 5 nitrogen and oxygen atoms in total. The molecular formula is C12H26N4O. The summed E-state index contributed by atoms with van der Waals surface area (Å²) in [6, 6.07) is 0.182. The Morgan fingerprint density at radius 1 is 1.35 bits per heavy atom. The Balaban J connectivity index is 0. The van der Waals surface area contributed by atoms with E-state index in [1.807, 2.05) is 34.6 Å². The highest BCUT2D eigenvalue weighted by Crippen LogP contribution is 1.93. The van der Waals surface area contributed by atoms with E-state index >= 15 is 0 Å². The highest BCUT2D eigenvalue weighted by Gasteiger charge is 2.02. The zero-order chi connectivity index (χ0) is 13.7. The largest absolute Gasteiger partial charge is 0.354 e. The van der Waals surface area contributed by atoms with Gasteiger partial charge in [-0.15, -0.1) is 0 Å². The third kappa shape index (κ3) is 10.9. The van der Waals surface area contributed by atoms with Gasteiger partial charge in [0.25, 0.3) is 0 Å². The smallest absolute Gasteiger partial charge is 0.217 e. The van der Waals surface area contributed by atoms with Gasteiger partial charge in [-0.2, -0.15) is 5.10 Å². The molecule has 1 N–H and O–H groups in total. The second-order valence-electron chi connectivity index (χ2n) is 3.05. The summed E-state index contributed by atoms with van der Waals surface area (Å²) in [5.74, 6) is 0.00564. The lowest BCUT2D eigenvalue weighted by Crippen LogP contribution is -2.31. The van der Waals surface area contributed by atoms with Gasteiger partial charge in [-0.1, -0.05) is 27.7 Å². The Bertz CT molecular complexity index is 259. The van der Waals surface area contributed by atoms with E-state index in [-0.39, 0.29) is 11.9 Å². The molecule has 0 aliphatic rings. The van der Waals surface area contributed by atoms with Crippen molar-refractivity contribution in [2.24, 2.45) is 0 Å². The van der Waals surface area contributed by atoms with Crippen molar-refractivity contribution < 1.29 is 4.79 Å². The third-order valence-electron chi connectivity index (χ3n) is 1.71. The van der Waals surface area contributed by atoms with E-state index in [9.17, 15) is 4.79 Å². The van der Waals surface area contributed by atoms with Crippen LogP contribution in [0, 0.1) is 0 Å². The number of rotatable bonds is 4. The van der Waals surface area contributed by atoms with Crippen molar-refractivity contribution >= 4 is 5.91 Å². The Labute approximate surface area is 105 Å². The monoisotopic (exact) mass is 242 g/mol. The van der Waals surface area contributed by atoms with E-state index in [4.69, 9.17) is 0 Å². The molecule has 1 rings (SSSR count). The predicted octanol–water partition coefficient (Wildman–Crippen LogP) is 2.25. The number of hydrogen-bond donors (Lipinski definition) is 1. The van der Waals surface area contributed by atoms with Gasteiger partial charge in [-0.05, 0) is 13.3 Å². The van der Waals surface area contributed by atoms with Gasteiger partial charge in [-0.25, -0.2) is 4.98 Å². The first kappa shape index (κ1) is 18.0. The van der Waals surface area contributed by atoms with Crippen LogP contribution in [0.3, 0.4) is 0 Å². The fourth-order valence-electron chi connectivity index (χ4n) is 1.09. The molecule has 0 fully saturated rings. The molecule has 1 aromatic heterocycles. The van der Waals surface area contributed by atoms with Gasteiger partial charge in [0, 0.05) is 19.5 Å². The maximum atomic E-state index is 10.7. The van der Waals surface area contributed by atoms with E-state index in [2.05, 4.69) is 15.4 Å². The summed E-state index contributed by atoms with van der Waals surface area (Å²) < 4.78 is 1.75. The summed E-state index contributed by atoms with van der Waals surface area (Å²) in [5.41, 5.74) is 0. The first-order chi connectivity index (χ1) is 8.18. The Hall–Kier alpha value is -1.39. The molecule has 0 aliphatic carbocycles. The maximum Gasteiger partial charge on any atom is 0.217 e. The summed E-state index contributed by atoms with van der Waals surface area (Å²) in [5, 5.41) is 6.76. The molecule has 17 heavy (non-hydrogen) atoms. The van der Waals surface area contributed by atoms with Crippen LogP contribution in [0.25, 0.3) is 0 Å². The van der Waals surface area contributed by atoms with Crippen molar-refractivity contribution in [1.82, 2.24) is 20.1 Å². The number of hydrogen-bond acceptors (Lipinski definition) is 3. The van der Waals surface area contributed by atoms with E-state index in [0.29, 0.717) is 0 Å². The molecule has 0 saturated heterocycles. The number of nitrogens with one attached hydrogen (secondary N) is 1. The summed E-state index contributed by atoms with van der Waals surface area (Å²) in [7, 11) is 0. The van der Waals surface area contributed by atoms with Crippen LogP contribution in [0.1, 0.15) is 48.0 Å².